The Labute approximate surface area is 123 Å². The predicted molar refractivity (Wildman–Crippen MR) is 78.5 cm³/mol. The number of benzene rings is 1. The first-order valence-corrected chi connectivity index (χ1v) is 7.19. The van der Waals surface area contributed by atoms with E-state index in [0.717, 1.165) is 19.4 Å². The molecule has 1 unspecified atom stereocenters. The Bertz CT molecular complexity index is 476. The molecule has 1 heterocycles. The quantitative estimate of drug-likeness (QED) is 0.624. The van der Waals surface area contributed by atoms with Crippen LogP contribution < -0.4 is 11.1 Å². The molecule has 1 saturated heterocycles. The van der Waals surface area contributed by atoms with Gasteiger partial charge in [-0.1, -0.05) is 0 Å². The Morgan fingerprint density at radius 3 is 3.05 bits per heavy atom. The molecule has 0 saturated carbocycles. The first kappa shape index (κ1) is 15.7. The average Bonchev–Trinajstić information content (AvgIpc) is 2.48. The van der Waals surface area contributed by atoms with Crippen molar-refractivity contribution < 1.29 is 18.7 Å². The summed E-state index contributed by atoms with van der Waals surface area (Å²) in [4.78, 5) is 11.7. The van der Waals surface area contributed by atoms with Crippen LogP contribution in [0.5, 0.6) is 0 Å². The lowest BCUT2D eigenvalue weighted by Gasteiger charge is -2.22. The summed E-state index contributed by atoms with van der Waals surface area (Å²) >= 11 is 0. The van der Waals surface area contributed by atoms with E-state index in [1.54, 1.807) is 0 Å². The van der Waals surface area contributed by atoms with Crippen LogP contribution in [-0.2, 0) is 14.3 Å². The van der Waals surface area contributed by atoms with E-state index in [-0.39, 0.29) is 24.1 Å². The van der Waals surface area contributed by atoms with Crippen molar-refractivity contribution in [2.45, 2.75) is 31.8 Å². The third kappa shape index (κ3) is 5.32. The minimum Gasteiger partial charge on any atom is -0.397 e. The van der Waals surface area contributed by atoms with Gasteiger partial charge in [0.15, 0.2) is 0 Å². The summed E-state index contributed by atoms with van der Waals surface area (Å²) < 4.78 is 23.9. The van der Waals surface area contributed by atoms with Gasteiger partial charge in [0.25, 0.3) is 0 Å². The molecule has 1 atom stereocenters. The first-order valence-electron chi connectivity index (χ1n) is 7.19. The Morgan fingerprint density at radius 1 is 1.48 bits per heavy atom. The summed E-state index contributed by atoms with van der Waals surface area (Å²) in [5.74, 6) is -0.640. The summed E-state index contributed by atoms with van der Waals surface area (Å²) in [6, 6.07) is 3.87. The highest BCUT2D eigenvalue weighted by Crippen LogP contribution is 2.19. The average molecular weight is 296 g/mol. The van der Waals surface area contributed by atoms with Crippen LogP contribution in [-0.4, -0.2) is 31.8 Å². The van der Waals surface area contributed by atoms with Gasteiger partial charge in [-0.05, 0) is 37.5 Å². The van der Waals surface area contributed by atoms with Gasteiger partial charge in [0, 0.05) is 6.61 Å². The molecule has 21 heavy (non-hydrogen) atoms. The van der Waals surface area contributed by atoms with Crippen LogP contribution in [0.4, 0.5) is 15.8 Å². The molecule has 0 spiro atoms. The van der Waals surface area contributed by atoms with Crippen LogP contribution in [0.1, 0.15) is 25.7 Å². The lowest BCUT2D eigenvalue weighted by molar-refractivity contribution is -0.117. The number of hydrogen-bond acceptors (Lipinski definition) is 4. The van der Waals surface area contributed by atoms with Crippen LogP contribution >= 0.6 is 0 Å². The number of nitrogens with two attached hydrogens (primary N) is 1. The molecule has 0 aliphatic carbocycles. The maximum Gasteiger partial charge on any atom is 0.226 e. The summed E-state index contributed by atoms with van der Waals surface area (Å²) in [5, 5.41) is 2.63. The van der Waals surface area contributed by atoms with E-state index >= 15 is 0 Å². The smallest absolute Gasteiger partial charge is 0.226 e. The number of carbonyl (C=O) groups excluding carboxylic acids is 1. The highest BCUT2D eigenvalue weighted by molar-refractivity contribution is 5.93. The zero-order valence-corrected chi connectivity index (χ0v) is 11.9. The zero-order chi connectivity index (χ0) is 15.1. The molecule has 1 amide bonds. The molecular weight excluding hydrogens is 275 g/mol. The Hall–Kier alpha value is -1.66. The van der Waals surface area contributed by atoms with Crippen molar-refractivity contribution in [3.63, 3.8) is 0 Å². The largest absolute Gasteiger partial charge is 0.397 e. The second-order valence-corrected chi connectivity index (χ2v) is 5.09. The molecule has 2 rings (SSSR count). The monoisotopic (exact) mass is 296 g/mol. The van der Waals surface area contributed by atoms with E-state index in [9.17, 15) is 9.18 Å². The van der Waals surface area contributed by atoms with Gasteiger partial charge in [0.1, 0.15) is 5.82 Å². The molecular formula is C15H21FN2O3. The van der Waals surface area contributed by atoms with E-state index in [2.05, 4.69) is 5.32 Å². The zero-order valence-electron chi connectivity index (χ0n) is 11.9. The number of rotatable bonds is 6. The van der Waals surface area contributed by atoms with Crippen molar-refractivity contribution in [3.05, 3.63) is 24.0 Å². The molecule has 1 aromatic carbocycles. The van der Waals surface area contributed by atoms with Crippen LogP contribution in [0.2, 0.25) is 0 Å². The summed E-state index contributed by atoms with van der Waals surface area (Å²) in [7, 11) is 0. The summed E-state index contributed by atoms with van der Waals surface area (Å²) in [6.45, 7) is 1.64. The molecule has 3 N–H and O–H groups in total. The number of halogens is 1. The summed E-state index contributed by atoms with van der Waals surface area (Å²) in [5.41, 5.74) is 6.24. The summed E-state index contributed by atoms with van der Waals surface area (Å²) in [6.07, 6.45) is 3.66. The van der Waals surface area contributed by atoms with Crippen LogP contribution in [0, 0.1) is 5.82 Å². The fraction of sp³-hybridized carbons (Fsp3) is 0.533. The lowest BCUT2D eigenvalue weighted by atomic mass is 10.1. The molecule has 1 fully saturated rings. The maximum absolute atomic E-state index is 12.9. The standard InChI is InChI=1S/C15H21FN2O3/c16-11-4-5-14(13(17)9-11)18-15(19)6-8-20-10-12-3-1-2-7-21-12/h4-5,9,12H,1-3,6-8,10,17H2,(H,18,19). The third-order valence-electron chi connectivity index (χ3n) is 3.34. The third-order valence-corrected chi connectivity index (χ3v) is 3.34. The number of hydrogen-bond donors (Lipinski definition) is 2. The fourth-order valence-electron chi connectivity index (χ4n) is 2.18. The molecule has 116 valence electrons. The van der Waals surface area contributed by atoms with E-state index in [1.807, 2.05) is 0 Å². The van der Waals surface area contributed by atoms with Crippen LogP contribution in [0.3, 0.4) is 0 Å². The van der Waals surface area contributed by atoms with Crippen molar-refractivity contribution in [1.29, 1.82) is 0 Å². The molecule has 0 bridgehead atoms. The number of nitrogens with one attached hydrogen (secondary N) is 1. The number of nitrogen functional groups attached to an aromatic ring is 1. The maximum atomic E-state index is 12.9. The van der Waals surface area contributed by atoms with Gasteiger partial charge in [0.05, 0.1) is 37.1 Å². The highest BCUT2D eigenvalue weighted by Gasteiger charge is 2.14. The topological polar surface area (TPSA) is 73.6 Å². The van der Waals surface area contributed by atoms with E-state index in [0.29, 0.717) is 18.9 Å². The number of ether oxygens (including phenoxy) is 2. The SMILES string of the molecule is Nc1cc(F)ccc1NC(=O)CCOCC1CCCCO1. The van der Waals surface area contributed by atoms with E-state index in [4.69, 9.17) is 15.2 Å². The normalized spacial score (nSPS) is 18.4. The molecule has 0 radical (unpaired) electrons. The van der Waals surface area contributed by atoms with Gasteiger partial charge in [-0.25, -0.2) is 4.39 Å². The minimum atomic E-state index is -0.429. The van der Waals surface area contributed by atoms with Gasteiger partial charge < -0.3 is 20.5 Å². The Morgan fingerprint density at radius 2 is 2.33 bits per heavy atom. The molecule has 5 nitrogen and oxygen atoms in total. The van der Waals surface area contributed by atoms with Gasteiger partial charge in [-0.15, -0.1) is 0 Å². The van der Waals surface area contributed by atoms with Crippen LogP contribution in [0.15, 0.2) is 18.2 Å². The highest BCUT2D eigenvalue weighted by atomic mass is 19.1. The molecule has 1 aliphatic heterocycles. The van der Waals surface area contributed by atoms with Gasteiger partial charge in [-0.3, -0.25) is 4.79 Å². The number of anilines is 2. The molecule has 0 aromatic heterocycles. The molecule has 1 aromatic rings. The van der Waals surface area contributed by atoms with Gasteiger partial charge in [0.2, 0.25) is 5.91 Å². The Kier molecular flexibility index (Phi) is 5.95. The van der Waals surface area contributed by atoms with Gasteiger partial charge in [-0.2, -0.15) is 0 Å². The molecule has 1 aliphatic rings. The van der Waals surface area contributed by atoms with Crippen molar-refractivity contribution in [2.75, 3.05) is 30.9 Å². The fourth-order valence-corrected chi connectivity index (χ4v) is 2.18. The number of amides is 1. The van der Waals surface area contributed by atoms with Crippen molar-refractivity contribution >= 4 is 17.3 Å². The minimum absolute atomic E-state index is 0.148. The lowest BCUT2D eigenvalue weighted by Crippen LogP contribution is -2.25. The number of carbonyl (C=O) groups is 1. The second kappa shape index (κ2) is 7.95. The van der Waals surface area contributed by atoms with Crippen molar-refractivity contribution in [2.24, 2.45) is 0 Å². The van der Waals surface area contributed by atoms with Crippen LogP contribution in [0.25, 0.3) is 0 Å². The van der Waals surface area contributed by atoms with E-state index in [1.165, 1.54) is 24.6 Å². The molecule has 6 heteroatoms. The van der Waals surface area contributed by atoms with Crippen molar-refractivity contribution in [3.8, 4) is 0 Å². The van der Waals surface area contributed by atoms with Gasteiger partial charge >= 0.3 is 0 Å². The van der Waals surface area contributed by atoms with Crippen molar-refractivity contribution in [1.82, 2.24) is 0 Å². The second-order valence-electron chi connectivity index (χ2n) is 5.09. The first-order chi connectivity index (χ1) is 10.1. The van der Waals surface area contributed by atoms with E-state index < -0.39 is 5.82 Å². The predicted octanol–water partition coefficient (Wildman–Crippen LogP) is 2.32. The Balaban J connectivity index is 1.65.